The number of piperidine rings is 1. The van der Waals surface area contributed by atoms with Crippen LogP contribution in [0.4, 0.5) is 13.2 Å². The largest absolute Gasteiger partial charge is 0.511 e. The summed E-state index contributed by atoms with van der Waals surface area (Å²) in [7, 11) is -3.61. The van der Waals surface area contributed by atoms with Crippen molar-refractivity contribution in [3.63, 3.8) is 0 Å². The van der Waals surface area contributed by atoms with E-state index in [-0.39, 0.29) is 48.5 Å². The normalized spacial score (nSPS) is 18.3. The molecule has 1 aliphatic heterocycles. The molecule has 0 aromatic carbocycles. The molecule has 0 spiro atoms. The average Bonchev–Trinajstić information content (AvgIpc) is 2.49. The lowest BCUT2D eigenvalue weighted by atomic mass is 9.84. The number of nitrogens with zero attached hydrogens (tertiary/aromatic N) is 2. The Morgan fingerprint density at radius 3 is 2.15 bits per heavy atom. The summed E-state index contributed by atoms with van der Waals surface area (Å²) in [5, 5.41) is 6.43. The minimum atomic E-state index is -5.24. The zero-order chi connectivity index (χ0) is 20.2. The van der Waals surface area contributed by atoms with Gasteiger partial charge in [-0.25, -0.2) is 8.42 Å². The number of guanidine groups is 1. The van der Waals surface area contributed by atoms with Crippen LogP contribution in [0.2, 0.25) is 0 Å². The first-order valence-corrected chi connectivity index (χ1v) is 10.3. The summed E-state index contributed by atoms with van der Waals surface area (Å²) in [6, 6.07) is -0.117. The van der Waals surface area contributed by atoms with E-state index in [1.165, 1.54) is 0 Å². The van der Waals surface area contributed by atoms with E-state index in [2.05, 4.69) is 43.3 Å². The van der Waals surface area contributed by atoms with Crippen LogP contribution in [-0.2, 0) is 10.0 Å². The van der Waals surface area contributed by atoms with Gasteiger partial charge in [0.15, 0.2) is 5.96 Å². The predicted molar refractivity (Wildman–Crippen MR) is 113 cm³/mol. The van der Waals surface area contributed by atoms with E-state index >= 15 is 0 Å². The Bertz CT molecular complexity index is 587. The molecule has 1 heterocycles. The quantitative estimate of drug-likeness (QED) is 0.316. The summed E-state index contributed by atoms with van der Waals surface area (Å²) in [6.45, 7) is 9.05. The number of rotatable bonds is 6. The third-order valence-corrected chi connectivity index (χ3v) is 5.98. The van der Waals surface area contributed by atoms with Crippen LogP contribution in [0.1, 0.15) is 47.0 Å². The topological polar surface area (TPSA) is 73.8 Å². The van der Waals surface area contributed by atoms with Gasteiger partial charge in [0.05, 0.1) is 0 Å². The molecule has 0 atom stereocenters. The fourth-order valence-electron chi connectivity index (χ4n) is 3.28. The van der Waals surface area contributed by atoms with Gasteiger partial charge >= 0.3 is 15.5 Å². The molecule has 27 heavy (non-hydrogen) atoms. The van der Waals surface area contributed by atoms with Crippen LogP contribution < -0.4 is 10.6 Å². The van der Waals surface area contributed by atoms with Crippen molar-refractivity contribution in [1.29, 1.82) is 0 Å². The minimum Gasteiger partial charge on any atom is -0.356 e. The van der Waals surface area contributed by atoms with E-state index in [1.807, 2.05) is 0 Å². The summed E-state index contributed by atoms with van der Waals surface area (Å²) in [6.07, 6.45) is 1.64. The number of hydrogen-bond donors (Lipinski definition) is 2. The summed E-state index contributed by atoms with van der Waals surface area (Å²) in [5.74, 6) is 1.15. The van der Waals surface area contributed by atoms with Crippen LogP contribution in [0.3, 0.4) is 0 Å². The Hall–Kier alpha value is -0.300. The lowest BCUT2D eigenvalue weighted by Gasteiger charge is -2.33. The van der Waals surface area contributed by atoms with Gasteiger partial charge < -0.3 is 10.6 Å². The first kappa shape index (κ1) is 26.7. The summed E-state index contributed by atoms with van der Waals surface area (Å²) >= 11 is 0. The molecular formula is C16H32F3IN4O2S. The Balaban J connectivity index is 0.00000676. The third-order valence-electron chi connectivity index (χ3n) is 4.35. The van der Waals surface area contributed by atoms with Crippen molar-refractivity contribution in [1.82, 2.24) is 14.9 Å². The van der Waals surface area contributed by atoms with Crippen LogP contribution in [0, 0.1) is 11.3 Å². The molecule has 6 nitrogen and oxygen atoms in total. The van der Waals surface area contributed by atoms with Crippen molar-refractivity contribution in [2.24, 2.45) is 16.3 Å². The molecule has 1 saturated heterocycles. The Kier molecular flexibility index (Phi) is 10.4. The van der Waals surface area contributed by atoms with E-state index in [0.717, 1.165) is 6.42 Å². The molecule has 0 unspecified atom stereocenters. The molecule has 0 aliphatic carbocycles. The van der Waals surface area contributed by atoms with Crippen molar-refractivity contribution in [2.75, 3.05) is 26.7 Å². The number of nitrogens with one attached hydrogen (secondary N) is 2. The van der Waals surface area contributed by atoms with Gasteiger partial charge in [0.2, 0.25) is 0 Å². The standard InChI is InChI=1S/C16H31F3N4O2S.HI/c1-12(2)10-15(3,4)11-21-14(20-5)22-13-6-8-23(9-7-13)26(24,25)16(17,18)19;/h12-13H,6-11H2,1-5H3,(H2,20,21,22);1H. The fourth-order valence-corrected chi connectivity index (χ4v) is 4.26. The number of alkyl halides is 3. The van der Waals surface area contributed by atoms with Gasteiger partial charge in [-0.15, -0.1) is 24.0 Å². The number of sulfonamides is 1. The van der Waals surface area contributed by atoms with Crippen LogP contribution in [0.5, 0.6) is 0 Å². The molecule has 162 valence electrons. The number of aliphatic imine (C=N–C) groups is 1. The second-order valence-electron chi connectivity index (χ2n) is 7.96. The first-order valence-electron chi connectivity index (χ1n) is 8.82. The molecule has 0 bridgehead atoms. The van der Waals surface area contributed by atoms with Gasteiger partial charge in [-0.05, 0) is 30.6 Å². The van der Waals surface area contributed by atoms with Gasteiger partial charge in [-0.3, -0.25) is 4.99 Å². The molecule has 2 N–H and O–H groups in total. The molecule has 1 fully saturated rings. The van der Waals surface area contributed by atoms with Crippen LogP contribution in [0.25, 0.3) is 0 Å². The van der Waals surface area contributed by atoms with E-state index in [9.17, 15) is 21.6 Å². The predicted octanol–water partition coefficient (Wildman–Crippen LogP) is 3.16. The lowest BCUT2D eigenvalue weighted by Crippen LogP contribution is -2.52. The van der Waals surface area contributed by atoms with Crippen LogP contribution in [-0.4, -0.2) is 56.9 Å². The summed E-state index contributed by atoms with van der Waals surface area (Å²) in [4.78, 5) is 4.15. The second-order valence-corrected chi connectivity index (χ2v) is 9.89. The molecule has 0 radical (unpaired) electrons. The first-order chi connectivity index (χ1) is 11.8. The average molecular weight is 528 g/mol. The highest BCUT2D eigenvalue weighted by molar-refractivity contribution is 14.0. The molecule has 0 amide bonds. The van der Waals surface area contributed by atoms with Crippen molar-refractivity contribution >= 4 is 40.0 Å². The highest BCUT2D eigenvalue weighted by atomic mass is 127. The minimum absolute atomic E-state index is 0. The molecule has 1 rings (SSSR count). The maximum atomic E-state index is 12.6. The Morgan fingerprint density at radius 1 is 1.22 bits per heavy atom. The van der Waals surface area contributed by atoms with Gasteiger partial charge in [-0.2, -0.15) is 17.5 Å². The van der Waals surface area contributed by atoms with Crippen LogP contribution in [0.15, 0.2) is 4.99 Å². The summed E-state index contributed by atoms with van der Waals surface area (Å²) in [5.41, 5.74) is -5.16. The third kappa shape index (κ3) is 8.30. The molecule has 0 aromatic heterocycles. The summed E-state index contributed by atoms with van der Waals surface area (Å²) < 4.78 is 61.2. The lowest BCUT2D eigenvalue weighted by molar-refractivity contribution is -0.0494. The maximum Gasteiger partial charge on any atom is 0.511 e. The molecular weight excluding hydrogens is 496 g/mol. The Morgan fingerprint density at radius 2 is 1.74 bits per heavy atom. The highest BCUT2D eigenvalue weighted by Gasteiger charge is 2.50. The van der Waals surface area contributed by atoms with E-state index < -0.39 is 15.5 Å². The number of halogens is 4. The monoisotopic (exact) mass is 528 g/mol. The Labute approximate surface area is 177 Å². The van der Waals surface area contributed by atoms with Crippen molar-refractivity contribution in [3.05, 3.63) is 0 Å². The van der Waals surface area contributed by atoms with Gasteiger partial charge in [0, 0.05) is 32.7 Å². The second kappa shape index (κ2) is 10.5. The van der Waals surface area contributed by atoms with E-state index in [4.69, 9.17) is 0 Å². The smallest absolute Gasteiger partial charge is 0.356 e. The highest BCUT2D eigenvalue weighted by Crippen LogP contribution is 2.29. The molecule has 1 aliphatic rings. The van der Waals surface area contributed by atoms with Crippen LogP contribution >= 0.6 is 24.0 Å². The zero-order valence-electron chi connectivity index (χ0n) is 16.6. The van der Waals surface area contributed by atoms with Crippen molar-refractivity contribution in [3.8, 4) is 0 Å². The SMILES string of the molecule is CN=C(NCC(C)(C)CC(C)C)NC1CCN(S(=O)(=O)C(F)(F)F)CC1.I. The molecule has 0 saturated carbocycles. The van der Waals surface area contributed by atoms with Gasteiger partial charge in [-0.1, -0.05) is 27.7 Å². The van der Waals surface area contributed by atoms with E-state index in [1.54, 1.807) is 7.05 Å². The molecule has 11 heteroatoms. The van der Waals surface area contributed by atoms with Gasteiger partial charge in [0.1, 0.15) is 0 Å². The van der Waals surface area contributed by atoms with Crippen molar-refractivity contribution in [2.45, 2.75) is 58.5 Å². The fraction of sp³-hybridized carbons (Fsp3) is 0.938. The molecule has 0 aromatic rings. The van der Waals surface area contributed by atoms with Gasteiger partial charge in [0.25, 0.3) is 0 Å². The zero-order valence-corrected chi connectivity index (χ0v) is 19.7. The van der Waals surface area contributed by atoms with E-state index in [0.29, 0.717) is 35.6 Å². The number of hydrogen-bond acceptors (Lipinski definition) is 3. The maximum absolute atomic E-state index is 12.6. The van der Waals surface area contributed by atoms with Crippen molar-refractivity contribution < 1.29 is 21.6 Å².